The minimum absolute atomic E-state index is 0.130. The quantitative estimate of drug-likeness (QED) is 0.455. The molecular weight excluding hydrogens is 238 g/mol. The summed E-state index contributed by atoms with van der Waals surface area (Å²) >= 11 is 4.98. The van der Waals surface area contributed by atoms with Crippen LogP contribution in [0.4, 0.5) is 0 Å². The number of hydrogen-bond acceptors (Lipinski definition) is 4. The van der Waals surface area contributed by atoms with E-state index in [1.165, 1.54) is 0 Å². The van der Waals surface area contributed by atoms with E-state index in [2.05, 4.69) is 0 Å². The van der Waals surface area contributed by atoms with E-state index in [-0.39, 0.29) is 5.41 Å². The lowest BCUT2D eigenvalue weighted by atomic mass is 9.90. The maximum atomic E-state index is 5.62. The van der Waals surface area contributed by atoms with E-state index in [0.717, 1.165) is 26.1 Å². The molecule has 0 heterocycles. The molecule has 0 unspecified atom stereocenters. The highest BCUT2D eigenvalue weighted by molar-refractivity contribution is 7.80. The van der Waals surface area contributed by atoms with Gasteiger partial charge >= 0.3 is 0 Å². The van der Waals surface area contributed by atoms with Crippen LogP contribution in [0.1, 0.15) is 26.7 Å². The zero-order chi connectivity index (χ0) is 13.1. The largest absolute Gasteiger partial charge is 0.393 e. The fraction of sp³-hybridized carbons (Fsp3) is 0.917. The van der Waals surface area contributed by atoms with E-state index in [9.17, 15) is 0 Å². The highest BCUT2D eigenvalue weighted by atomic mass is 32.1. The standard InChI is InChI=1S/C12H25NO3S/c1-12(2,11(13)17)5-8-16-10-9-15-7-4-6-14-3/h4-10H2,1-3H3,(H2,13,17). The van der Waals surface area contributed by atoms with E-state index < -0.39 is 0 Å². The molecule has 0 saturated heterocycles. The smallest absolute Gasteiger partial charge is 0.0785 e. The minimum Gasteiger partial charge on any atom is -0.393 e. The number of rotatable bonds is 11. The van der Waals surface area contributed by atoms with Gasteiger partial charge < -0.3 is 19.9 Å². The first-order valence-corrected chi connectivity index (χ1v) is 6.36. The summed E-state index contributed by atoms with van der Waals surface area (Å²) in [6, 6.07) is 0. The molecule has 0 fully saturated rings. The maximum absolute atomic E-state index is 5.62. The van der Waals surface area contributed by atoms with Gasteiger partial charge in [0.1, 0.15) is 0 Å². The van der Waals surface area contributed by atoms with Crippen molar-refractivity contribution < 1.29 is 14.2 Å². The predicted octanol–water partition coefficient (Wildman–Crippen LogP) is 1.76. The van der Waals surface area contributed by atoms with Gasteiger partial charge in [-0.1, -0.05) is 26.1 Å². The molecule has 0 aliphatic rings. The van der Waals surface area contributed by atoms with Crippen LogP contribution >= 0.6 is 12.2 Å². The Bertz CT molecular complexity index is 210. The van der Waals surface area contributed by atoms with Gasteiger partial charge in [-0.15, -0.1) is 0 Å². The van der Waals surface area contributed by atoms with Crippen molar-refractivity contribution in [1.29, 1.82) is 0 Å². The van der Waals surface area contributed by atoms with Crippen LogP contribution in [0.5, 0.6) is 0 Å². The number of thiocarbonyl (C=S) groups is 1. The first kappa shape index (κ1) is 16.8. The molecule has 0 aromatic rings. The zero-order valence-corrected chi connectivity index (χ0v) is 12.0. The van der Waals surface area contributed by atoms with Gasteiger partial charge in [0.15, 0.2) is 0 Å². The summed E-state index contributed by atoms with van der Waals surface area (Å²) in [6.45, 7) is 7.40. The Morgan fingerprint density at radius 1 is 1.06 bits per heavy atom. The molecule has 0 radical (unpaired) electrons. The normalized spacial score (nSPS) is 11.7. The summed E-state index contributed by atoms with van der Waals surface area (Å²) in [5.74, 6) is 0. The molecule has 0 aliphatic carbocycles. The molecule has 0 saturated carbocycles. The van der Waals surface area contributed by atoms with Crippen LogP contribution in [0.3, 0.4) is 0 Å². The first-order valence-electron chi connectivity index (χ1n) is 5.95. The van der Waals surface area contributed by atoms with Gasteiger partial charge in [-0.05, 0) is 12.8 Å². The van der Waals surface area contributed by atoms with Crippen molar-refractivity contribution >= 4 is 17.2 Å². The fourth-order valence-corrected chi connectivity index (χ4v) is 1.18. The number of nitrogens with two attached hydrogens (primary N) is 1. The molecule has 17 heavy (non-hydrogen) atoms. The van der Waals surface area contributed by atoms with E-state index in [4.69, 9.17) is 32.2 Å². The molecule has 4 nitrogen and oxygen atoms in total. The van der Waals surface area contributed by atoms with Crippen LogP contribution in [-0.2, 0) is 14.2 Å². The Morgan fingerprint density at radius 2 is 1.65 bits per heavy atom. The lowest BCUT2D eigenvalue weighted by molar-refractivity contribution is 0.0348. The second-order valence-electron chi connectivity index (χ2n) is 4.57. The van der Waals surface area contributed by atoms with Crippen LogP contribution in [0.25, 0.3) is 0 Å². The summed E-state index contributed by atoms with van der Waals surface area (Å²) in [5, 5.41) is 0. The lowest BCUT2D eigenvalue weighted by Gasteiger charge is -2.22. The number of hydrogen-bond donors (Lipinski definition) is 1. The maximum Gasteiger partial charge on any atom is 0.0785 e. The fourth-order valence-electron chi connectivity index (χ4n) is 1.08. The van der Waals surface area contributed by atoms with Gasteiger partial charge in [-0.25, -0.2) is 0 Å². The van der Waals surface area contributed by atoms with Crippen LogP contribution in [-0.4, -0.2) is 45.1 Å². The van der Waals surface area contributed by atoms with E-state index in [1.54, 1.807) is 7.11 Å². The van der Waals surface area contributed by atoms with Crippen LogP contribution < -0.4 is 5.73 Å². The van der Waals surface area contributed by atoms with Crippen molar-refractivity contribution in [2.75, 3.05) is 40.1 Å². The second kappa shape index (κ2) is 9.76. The third kappa shape index (κ3) is 9.47. The van der Waals surface area contributed by atoms with Crippen molar-refractivity contribution in [1.82, 2.24) is 0 Å². The first-order chi connectivity index (χ1) is 8.00. The molecule has 0 rings (SSSR count). The summed E-state index contributed by atoms with van der Waals surface area (Å²) in [4.78, 5) is 0.539. The van der Waals surface area contributed by atoms with Gasteiger partial charge in [0.25, 0.3) is 0 Å². The molecule has 2 N–H and O–H groups in total. The summed E-state index contributed by atoms with van der Waals surface area (Å²) in [6.07, 6.45) is 1.76. The van der Waals surface area contributed by atoms with Gasteiger partial charge in [-0.2, -0.15) is 0 Å². The molecule has 5 heteroatoms. The van der Waals surface area contributed by atoms with Gasteiger partial charge in [-0.3, -0.25) is 0 Å². The average molecular weight is 263 g/mol. The van der Waals surface area contributed by atoms with Crippen LogP contribution in [0, 0.1) is 5.41 Å². The van der Waals surface area contributed by atoms with Crippen molar-refractivity contribution in [3.05, 3.63) is 0 Å². The van der Waals surface area contributed by atoms with Crippen molar-refractivity contribution in [3.63, 3.8) is 0 Å². The molecule has 0 spiro atoms. The van der Waals surface area contributed by atoms with E-state index >= 15 is 0 Å². The summed E-state index contributed by atoms with van der Waals surface area (Å²) < 4.78 is 15.7. The molecule has 0 amide bonds. The Balaban J connectivity index is 3.27. The Labute approximate surface area is 110 Å². The highest BCUT2D eigenvalue weighted by Gasteiger charge is 2.20. The van der Waals surface area contributed by atoms with E-state index in [1.807, 2.05) is 13.8 Å². The van der Waals surface area contributed by atoms with Crippen molar-refractivity contribution in [3.8, 4) is 0 Å². The number of ether oxygens (including phenoxy) is 3. The van der Waals surface area contributed by atoms with Crippen molar-refractivity contribution in [2.24, 2.45) is 11.1 Å². The molecule has 0 atom stereocenters. The summed E-state index contributed by atoms with van der Waals surface area (Å²) in [5.41, 5.74) is 5.49. The van der Waals surface area contributed by atoms with Gasteiger partial charge in [0.2, 0.25) is 0 Å². The zero-order valence-electron chi connectivity index (χ0n) is 11.2. The van der Waals surface area contributed by atoms with Crippen LogP contribution in [0.15, 0.2) is 0 Å². The molecule has 0 bridgehead atoms. The average Bonchev–Trinajstić information content (AvgIpc) is 2.26. The predicted molar refractivity (Wildman–Crippen MR) is 73.3 cm³/mol. The van der Waals surface area contributed by atoms with Gasteiger partial charge in [0.05, 0.1) is 18.2 Å². The molecule has 0 aromatic carbocycles. The van der Waals surface area contributed by atoms with Crippen molar-refractivity contribution in [2.45, 2.75) is 26.7 Å². The molecule has 0 aromatic heterocycles. The topological polar surface area (TPSA) is 53.7 Å². The second-order valence-corrected chi connectivity index (χ2v) is 5.01. The number of methoxy groups -OCH3 is 1. The SMILES string of the molecule is COCCCOCCOCCC(C)(C)C(N)=S. The van der Waals surface area contributed by atoms with Crippen LogP contribution in [0.2, 0.25) is 0 Å². The Kier molecular flexibility index (Phi) is 9.63. The third-order valence-electron chi connectivity index (χ3n) is 2.55. The lowest BCUT2D eigenvalue weighted by Crippen LogP contribution is -2.31. The minimum atomic E-state index is -0.130. The Morgan fingerprint density at radius 3 is 2.18 bits per heavy atom. The Hall–Kier alpha value is -0.230. The molecular formula is C12H25NO3S. The highest BCUT2D eigenvalue weighted by Crippen LogP contribution is 2.20. The van der Waals surface area contributed by atoms with E-state index in [0.29, 0.717) is 24.8 Å². The van der Waals surface area contributed by atoms with Gasteiger partial charge in [0, 0.05) is 32.3 Å². The monoisotopic (exact) mass is 263 g/mol. The summed E-state index contributed by atoms with van der Waals surface area (Å²) in [7, 11) is 1.69. The molecule has 0 aliphatic heterocycles. The third-order valence-corrected chi connectivity index (χ3v) is 3.10. The molecule has 102 valence electrons.